The van der Waals surface area contributed by atoms with Gasteiger partial charge in [-0.3, -0.25) is 9.78 Å². The highest BCUT2D eigenvalue weighted by Gasteiger charge is 2.30. The summed E-state index contributed by atoms with van der Waals surface area (Å²) in [6.07, 6.45) is 7.83. The molecule has 7 nitrogen and oxygen atoms in total. The Balaban J connectivity index is 1.32. The molecule has 1 fully saturated rings. The predicted octanol–water partition coefficient (Wildman–Crippen LogP) is 5.38. The second-order valence-corrected chi connectivity index (χ2v) is 11.2. The number of benzene rings is 1. The van der Waals surface area contributed by atoms with E-state index in [0.717, 1.165) is 66.9 Å². The topological polar surface area (TPSA) is 87.8 Å². The Kier molecular flexibility index (Phi) is 9.88. The molecule has 2 N–H and O–H groups in total. The number of ether oxygens (including phenoxy) is 1. The van der Waals surface area contributed by atoms with Crippen molar-refractivity contribution in [3.05, 3.63) is 54.4 Å². The van der Waals surface area contributed by atoms with Gasteiger partial charge in [0.25, 0.3) is 0 Å². The number of aliphatic hydroxyl groups is 1. The number of hydrogen-bond donors (Lipinski definition) is 2. The molecule has 8 heteroatoms. The van der Waals surface area contributed by atoms with Crippen LogP contribution in [0.1, 0.15) is 50.2 Å². The van der Waals surface area contributed by atoms with Gasteiger partial charge in [-0.1, -0.05) is 0 Å². The normalized spacial score (nSPS) is 19.2. The Bertz CT molecular complexity index is 1170. The Morgan fingerprint density at radius 2 is 2.11 bits per heavy atom. The lowest BCUT2D eigenvalue weighted by atomic mass is 9.79. The lowest BCUT2D eigenvalue weighted by molar-refractivity contribution is -0.137. The summed E-state index contributed by atoms with van der Waals surface area (Å²) in [7, 11) is 3.71. The Morgan fingerprint density at radius 3 is 2.86 bits per heavy atom. The number of piperidine rings is 1. The molecule has 0 amide bonds. The number of carbonyl (C=O) groups is 1. The number of methoxy groups -OCH3 is 1. The molecule has 0 spiro atoms. The number of hydrogen-bond acceptors (Lipinski definition) is 6. The number of carboxylic acids is 1. The molecule has 4 rings (SSSR count). The fourth-order valence-corrected chi connectivity index (χ4v) is 6.45. The van der Waals surface area contributed by atoms with E-state index in [1.807, 2.05) is 36.0 Å². The molecule has 0 radical (unpaired) electrons. The van der Waals surface area contributed by atoms with Crippen molar-refractivity contribution in [2.24, 2.45) is 18.9 Å². The van der Waals surface area contributed by atoms with Crippen LogP contribution in [0.5, 0.6) is 5.75 Å². The molecule has 200 valence electrons. The molecule has 1 aliphatic heterocycles. The van der Waals surface area contributed by atoms with Crippen molar-refractivity contribution in [2.45, 2.75) is 49.7 Å². The van der Waals surface area contributed by atoms with E-state index in [1.54, 1.807) is 13.3 Å². The van der Waals surface area contributed by atoms with Gasteiger partial charge in [-0.15, -0.1) is 11.8 Å². The van der Waals surface area contributed by atoms with Gasteiger partial charge in [0.1, 0.15) is 5.75 Å². The average Bonchev–Trinajstić information content (AvgIpc) is 3.32. The van der Waals surface area contributed by atoms with E-state index >= 15 is 0 Å². The van der Waals surface area contributed by atoms with Gasteiger partial charge in [0.05, 0.1) is 23.8 Å². The maximum absolute atomic E-state index is 11.3. The monoisotopic (exact) mass is 525 g/mol. The molecule has 3 heterocycles. The average molecular weight is 526 g/mol. The number of likely N-dealkylation sites (tertiary alicyclic amines) is 1. The number of thioether (sulfide) groups is 1. The second kappa shape index (κ2) is 13.3. The first-order valence-corrected chi connectivity index (χ1v) is 14.2. The highest BCUT2D eigenvalue weighted by molar-refractivity contribution is 7.99. The number of fused-ring (bicyclic) bond motifs is 1. The minimum atomic E-state index is -0.730. The van der Waals surface area contributed by atoms with E-state index in [9.17, 15) is 15.0 Å². The maximum atomic E-state index is 11.3. The van der Waals surface area contributed by atoms with Crippen molar-refractivity contribution in [2.75, 3.05) is 32.5 Å². The third-order valence-corrected chi connectivity index (χ3v) is 8.83. The minimum absolute atomic E-state index is 0.204. The van der Waals surface area contributed by atoms with Crippen LogP contribution in [-0.2, 0) is 11.8 Å². The fourth-order valence-electron chi connectivity index (χ4n) is 5.53. The van der Waals surface area contributed by atoms with Gasteiger partial charge in [0.15, 0.2) is 0 Å². The van der Waals surface area contributed by atoms with Crippen LogP contribution in [-0.4, -0.2) is 63.1 Å². The van der Waals surface area contributed by atoms with E-state index in [1.165, 1.54) is 5.03 Å². The van der Waals surface area contributed by atoms with E-state index in [4.69, 9.17) is 4.74 Å². The molecule has 1 aromatic carbocycles. The van der Waals surface area contributed by atoms with Crippen LogP contribution in [0.15, 0.2) is 53.8 Å². The molecule has 1 unspecified atom stereocenters. The third-order valence-electron chi connectivity index (χ3n) is 7.62. The van der Waals surface area contributed by atoms with Crippen LogP contribution in [0.2, 0.25) is 0 Å². The summed E-state index contributed by atoms with van der Waals surface area (Å²) >= 11 is 1.89. The maximum Gasteiger partial charge on any atom is 0.303 e. The number of aliphatic carboxylic acids is 1. The second-order valence-electron chi connectivity index (χ2n) is 10.1. The predicted molar refractivity (Wildman–Crippen MR) is 148 cm³/mol. The molecular weight excluding hydrogens is 486 g/mol. The number of aryl methyl sites for hydroxylation is 1. The summed E-state index contributed by atoms with van der Waals surface area (Å²) in [5.41, 5.74) is 1.72. The highest BCUT2D eigenvalue weighted by atomic mass is 32.2. The first kappa shape index (κ1) is 27.5. The molecular formula is C29H39N3O4S. The molecule has 0 bridgehead atoms. The number of pyridine rings is 1. The van der Waals surface area contributed by atoms with Gasteiger partial charge >= 0.3 is 5.97 Å². The zero-order valence-electron chi connectivity index (χ0n) is 21.9. The number of rotatable bonds is 13. The van der Waals surface area contributed by atoms with Gasteiger partial charge in [-0.05, 0) is 99.0 Å². The van der Waals surface area contributed by atoms with E-state index in [2.05, 4.69) is 39.8 Å². The van der Waals surface area contributed by atoms with Gasteiger partial charge in [-0.25, -0.2) is 0 Å². The molecule has 0 saturated carbocycles. The summed E-state index contributed by atoms with van der Waals surface area (Å²) in [6, 6.07) is 11.9. The van der Waals surface area contributed by atoms with Gasteiger partial charge in [0, 0.05) is 43.5 Å². The lowest BCUT2D eigenvalue weighted by Gasteiger charge is -2.39. The zero-order chi connectivity index (χ0) is 26.2. The van der Waals surface area contributed by atoms with Gasteiger partial charge in [-0.2, -0.15) is 0 Å². The number of aliphatic hydroxyl groups excluding tert-OH is 1. The van der Waals surface area contributed by atoms with Crippen LogP contribution in [0.25, 0.3) is 10.9 Å². The minimum Gasteiger partial charge on any atom is -0.497 e. The summed E-state index contributed by atoms with van der Waals surface area (Å²) in [5.74, 6) is 1.86. The third kappa shape index (κ3) is 7.49. The van der Waals surface area contributed by atoms with Crippen molar-refractivity contribution in [1.82, 2.24) is 14.5 Å². The first-order valence-electron chi connectivity index (χ1n) is 13.2. The summed E-state index contributed by atoms with van der Waals surface area (Å²) in [4.78, 5) is 18.3. The lowest BCUT2D eigenvalue weighted by Crippen LogP contribution is -2.41. The molecule has 1 saturated heterocycles. The van der Waals surface area contributed by atoms with Crippen molar-refractivity contribution in [1.29, 1.82) is 0 Å². The first-order chi connectivity index (χ1) is 17.9. The Morgan fingerprint density at radius 1 is 1.24 bits per heavy atom. The molecule has 0 aliphatic carbocycles. The van der Waals surface area contributed by atoms with Crippen LogP contribution < -0.4 is 4.74 Å². The molecule has 3 atom stereocenters. The number of carboxylic acid groups (broad SMARTS) is 1. The molecule has 2 aromatic heterocycles. The summed E-state index contributed by atoms with van der Waals surface area (Å²) in [5, 5.41) is 22.7. The summed E-state index contributed by atoms with van der Waals surface area (Å²) in [6.45, 7) is 3.02. The standard InChI is InChI=1S/C29H39N3O4S/c1-31-15-3-5-28(31)37-18-4-16-32-17-13-21(22(20-32)7-11-29(34)35)6-10-27(33)24-12-14-30-26-9-8-23(36-2)19-25(24)26/h3,5,8-9,12,14-15,19,21-22,27,33H,4,6-7,10-11,13,16-18,20H2,1-2H3,(H,34,35)/t21-,22+,27?/m1/s1. The van der Waals surface area contributed by atoms with Crippen LogP contribution in [0.4, 0.5) is 0 Å². The van der Waals surface area contributed by atoms with Gasteiger partial charge < -0.3 is 24.4 Å². The molecule has 37 heavy (non-hydrogen) atoms. The fraction of sp³-hybridized carbons (Fsp3) is 0.517. The van der Waals surface area contributed by atoms with Crippen molar-refractivity contribution >= 4 is 28.6 Å². The van der Waals surface area contributed by atoms with Crippen LogP contribution in [0.3, 0.4) is 0 Å². The van der Waals surface area contributed by atoms with E-state index in [0.29, 0.717) is 24.7 Å². The Hall–Kier alpha value is -2.55. The zero-order valence-corrected chi connectivity index (χ0v) is 22.7. The number of nitrogens with zero attached hydrogens (tertiary/aromatic N) is 3. The van der Waals surface area contributed by atoms with Crippen LogP contribution in [0, 0.1) is 11.8 Å². The SMILES string of the molecule is COc1ccc2nccc(C(O)CC[C@@H]3CCN(CCCSc4cccn4C)C[C@@H]3CCC(=O)O)c2c1. The van der Waals surface area contributed by atoms with Crippen molar-refractivity contribution in [3.63, 3.8) is 0 Å². The largest absolute Gasteiger partial charge is 0.497 e. The van der Waals surface area contributed by atoms with E-state index in [-0.39, 0.29) is 6.42 Å². The Labute approximate surface area is 223 Å². The number of aromatic nitrogens is 2. The van der Waals surface area contributed by atoms with Crippen molar-refractivity contribution < 1.29 is 19.7 Å². The van der Waals surface area contributed by atoms with Crippen molar-refractivity contribution in [3.8, 4) is 5.75 Å². The van der Waals surface area contributed by atoms with E-state index < -0.39 is 12.1 Å². The quantitative estimate of drug-likeness (QED) is 0.229. The van der Waals surface area contributed by atoms with Crippen LogP contribution >= 0.6 is 11.8 Å². The smallest absolute Gasteiger partial charge is 0.303 e. The molecule has 3 aromatic rings. The summed E-state index contributed by atoms with van der Waals surface area (Å²) < 4.78 is 7.53. The highest BCUT2D eigenvalue weighted by Crippen LogP contribution is 2.35. The molecule has 1 aliphatic rings. The van der Waals surface area contributed by atoms with Gasteiger partial charge in [0.2, 0.25) is 0 Å².